The van der Waals surface area contributed by atoms with Crippen LogP contribution in [0.4, 0.5) is 10.5 Å². The van der Waals surface area contributed by atoms with Gasteiger partial charge >= 0.3 is 12.1 Å². The summed E-state index contributed by atoms with van der Waals surface area (Å²) in [6, 6.07) is 2.64. The number of carbonyl (C=O) groups excluding carboxylic acids is 5. The maximum atomic E-state index is 14.3. The lowest BCUT2D eigenvalue weighted by Gasteiger charge is -2.42. The number of nitrogens with one attached hydrogen (secondary N) is 2. The first-order valence-electron chi connectivity index (χ1n) is 21.2. The molecule has 3 aliphatic rings. The predicted octanol–water partition coefficient (Wildman–Crippen LogP) is 5.35. The molecular formula is C45H68ClN5O10S. The highest BCUT2D eigenvalue weighted by Crippen LogP contribution is 2.61. The van der Waals surface area contributed by atoms with Crippen molar-refractivity contribution in [3.8, 4) is 5.75 Å². The third-order valence-corrected chi connectivity index (χ3v) is 14.6. The van der Waals surface area contributed by atoms with E-state index in [-0.39, 0.29) is 64.3 Å². The van der Waals surface area contributed by atoms with Crippen LogP contribution in [-0.4, -0.2) is 141 Å². The SMILES string of the molecule is CNCCN(C)C(=O)CSC(C)(C)CCC(=O)N(C)[C@@H](C)C(=O)O[C@H]1CC(=O)N(C)c2cc(cc(OC)c2Cl)C/C(C)=C/C=C/[C@@H](OC)[C@@]2(O)C[C@H](OC(=O)N2)[C@@H](C)[C@@H]2C[C@]12C. The minimum atomic E-state index is -1.79. The Morgan fingerprint density at radius 3 is 2.52 bits per heavy atom. The Morgan fingerprint density at radius 2 is 1.87 bits per heavy atom. The van der Waals surface area contributed by atoms with Gasteiger partial charge in [-0.05, 0) is 69.7 Å². The van der Waals surface area contributed by atoms with Gasteiger partial charge in [-0.2, -0.15) is 0 Å². The van der Waals surface area contributed by atoms with Gasteiger partial charge in [-0.1, -0.05) is 63.1 Å². The van der Waals surface area contributed by atoms with Crippen molar-refractivity contribution >= 4 is 58.8 Å². The fourth-order valence-corrected chi connectivity index (χ4v) is 9.50. The number of alkyl carbamates (subject to hydrolysis) is 1. The summed E-state index contributed by atoms with van der Waals surface area (Å²) in [4.78, 5) is 72.1. The van der Waals surface area contributed by atoms with E-state index in [2.05, 4.69) is 10.6 Å². The molecule has 1 saturated heterocycles. The zero-order valence-electron chi connectivity index (χ0n) is 38.5. The first-order valence-corrected chi connectivity index (χ1v) is 22.6. The molecule has 4 bridgehead atoms. The van der Waals surface area contributed by atoms with Crippen LogP contribution in [0.3, 0.4) is 0 Å². The zero-order valence-corrected chi connectivity index (χ0v) is 40.0. The standard InChI is InChI=1S/C45H68ClN5O10S/c1-27-14-13-15-35(59-12)45(57)25-34(60-42(56)48-45)28(2)31-24-44(31,6)36(23-38(53)51(10)32-21-30(20-27)22-33(58-11)40(32)46)61-41(55)29(3)50(9)37(52)16-17-43(4,5)62-26-39(54)49(8)19-18-47-7/h13-15,21-22,28-29,31,34-36,47,57H,16-20,23-26H2,1-12H3,(H,48,56)/b15-13+,27-14+/t28-,29-,31-,34-,35+,36-,44-,45-/m0/s1. The van der Waals surface area contributed by atoms with Crippen molar-refractivity contribution in [2.45, 2.75) is 115 Å². The van der Waals surface area contributed by atoms with Gasteiger partial charge in [-0.25, -0.2) is 9.59 Å². The molecule has 1 aliphatic carbocycles. The van der Waals surface area contributed by atoms with E-state index in [1.54, 1.807) is 51.2 Å². The fraction of sp³-hybridized carbons (Fsp3) is 0.667. The lowest BCUT2D eigenvalue weighted by atomic mass is 9.83. The van der Waals surface area contributed by atoms with Gasteiger partial charge in [0.25, 0.3) is 0 Å². The Hall–Kier alpha value is -3.83. The summed E-state index contributed by atoms with van der Waals surface area (Å²) >= 11 is 8.31. The molecule has 1 aromatic rings. The number of aliphatic hydroxyl groups is 1. The van der Waals surface area contributed by atoms with Crippen LogP contribution in [0.5, 0.6) is 5.75 Å². The highest BCUT2D eigenvalue weighted by molar-refractivity contribution is 8.01. The van der Waals surface area contributed by atoms with E-state index in [1.807, 2.05) is 53.8 Å². The lowest BCUT2D eigenvalue weighted by Crippen LogP contribution is -2.63. The van der Waals surface area contributed by atoms with E-state index in [1.165, 1.54) is 35.8 Å². The van der Waals surface area contributed by atoms with Gasteiger partial charge in [-0.3, -0.25) is 19.7 Å². The van der Waals surface area contributed by atoms with Crippen molar-refractivity contribution in [1.82, 2.24) is 20.4 Å². The average Bonchev–Trinajstić information content (AvgIpc) is 3.92. The number of allylic oxidation sites excluding steroid dienone is 3. The molecule has 346 valence electrons. The highest BCUT2D eigenvalue weighted by atomic mass is 35.5. The number of halogens is 1. The van der Waals surface area contributed by atoms with Crippen molar-refractivity contribution < 1.29 is 48.0 Å². The molecule has 0 radical (unpaired) electrons. The van der Waals surface area contributed by atoms with Gasteiger partial charge in [0.05, 0.1) is 25.0 Å². The smallest absolute Gasteiger partial charge is 0.409 e. The number of amides is 4. The topological polar surface area (TPSA) is 176 Å². The van der Waals surface area contributed by atoms with Crippen LogP contribution in [0.2, 0.25) is 5.02 Å². The number of thioether (sulfide) groups is 1. The molecule has 4 rings (SSSR count). The molecule has 1 saturated carbocycles. The van der Waals surface area contributed by atoms with Crippen LogP contribution >= 0.6 is 23.4 Å². The Kier molecular flexibility index (Phi) is 17.4. The van der Waals surface area contributed by atoms with E-state index >= 15 is 0 Å². The van der Waals surface area contributed by atoms with Crippen LogP contribution in [0.25, 0.3) is 0 Å². The van der Waals surface area contributed by atoms with E-state index in [0.717, 1.165) is 11.1 Å². The van der Waals surface area contributed by atoms with Gasteiger partial charge in [0, 0.05) is 64.3 Å². The van der Waals surface area contributed by atoms with Gasteiger partial charge in [0.1, 0.15) is 35.1 Å². The number of hydrogen-bond donors (Lipinski definition) is 3. The minimum absolute atomic E-state index is 0.00748. The van der Waals surface area contributed by atoms with Crippen molar-refractivity contribution in [2.24, 2.45) is 17.3 Å². The molecular weight excluding hydrogens is 838 g/mol. The van der Waals surface area contributed by atoms with Gasteiger partial charge < -0.3 is 44.1 Å². The monoisotopic (exact) mass is 905 g/mol. The average molecular weight is 907 g/mol. The summed E-state index contributed by atoms with van der Waals surface area (Å²) in [5.74, 6) is -1.17. The minimum Gasteiger partial charge on any atom is -0.495 e. The molecule has 15 nitrogen and oxygen atoms in total. The quantitative estimate of drug-likeness (QED) is 0.205. The number of methoxy groups -OCH3 is 2. The number of ether oxygens (including phenoxy) is 4. The summed E-state index contributed by atoms with van der Waals surface area (Å²) in [6.07, 6.45) is 3.31. The summed E-state index contributed by atoms with van der Waals surface area (Å²) in [6.45, 7) is 12.6. The molecule has 2 heterocycles. The Morgan fingerprint density at radius 1 is 1.18 bits per heavy atom. The fourth-order valence-electron chi connectivity index (χ4n) is 8.20. The van der Waals surface area contributed by atoms with Crippen LogP contribution < -0.4 is 20.3 Å². The number of rotatable bonds is 14. The summed E-state index contributed by atoms with van der Waals surface area (Å²) < 4.78 is 23.0. The summed E-state index contributed by atoms with van der Waals surface area (Å²) in [5, 5.41) is 17.7. The van der Waals surface area contributed by atoms with Crippen molar-refractivity contribution in [3.05, 3.63) is 46.5 Å². The van der Waals surface area contributed by atoms with Crippen molar-refractivity contribution in [1.29, 1.82) is 0 Å². The molecule has 1 aromatic carbocycles. The molecule has 0 aromatic heterocycles. The van der Waals surface area contributed by atoms with E-state index in [0.29, 0.717) is 43.8 Å². The molecule has 3 N–H and O–H groups in total. The Labute approximate surface area is 376 Å². The molecule has 2 fully saturated rings. The second-order valence-corrected chi connectivity index (χ2v) is 20.0. The second-order valence-electron chi connectivity index (χ2n) is 18.0. The first kappa shape index (κ1) is 50.8. The van der Waals surface area contributed by atoms with E-state index in [9.17, 15) is 29.1 Å². The van der Waals surface area contributed by atoms with Crippen LogP contribution in [0, 0.1) is 17.3 Å². The number of esters is 1. The molecule has 2 aliphatic heterocycles. The van der Waals surface area contributed by atoms with Crippen LogP contribution in [0.15, 0.2) is 35.9 Å². The molecule has 17 heteroatoms. The maximum Gasteiger partial charge on any atom is 0.409 e. The van der Waals surface area contributed by atoms with Crippen LogP contribution in [-0.2, 0) is 39.8 Å². The molecule has 0 spiro atoms. The number of nitrogens with zero attached hydrogens (tertiary/aromatic N) is 3. The lowest BCUT2D eigenvalue weighted by molar-refractivity contribution is -0.163. The van der Waals surface area contributed by atoms with E-state index < -0.39 is 47.6 Å². The first-order chi connectivity index (χ1) is 29.0. The zero-order chi connectivity index (χ0) is 46.3. The molecule has 62 heavy (non-hydrogen) atoms. The van der Waals surface area contributed by atoms with Crippen molar-refractivity contribution in [3.63, 3.8) is 0 Å². The maximum absolute atomic E-state index is 14.3. The number of fused-ring (bicyclic) bond motifs is 5. The second kappa shape index (κ2) is 21.2. The Balaban J connectivity index is 1.61. The largest absolute Gasteiger partial charge is 0.495 e. The van der Waals surface area contributed by atoms with Crippen molar-refractivity contribution in [2.75, 3.05) is 66.2 Å². The number of carbonyl (C=O) groups is 5. The van der Waals surface area contributed by atoms with Gasteiger partial charge in [0.2, 0.25) is 17.7 Å². The van der Waals surface area contributed by atoms with Gasteiger partial charge in [-0.15, -0.1) is 11.8 Å². The molecule has 0 unspecified atom stereocenters. The van der Waals surface area contributed by atoms with E-state index in [4.69, 9.17) is 30.5 Å². The summed E-state index contributed by atoms with van der Waals surface area (Å²) in [5.41, 5.74) is -0.375. The highest BCUT2D eigenvalue weighted by Gasteiger charge is 2.62. The third-order valence-electron chi connectivity index (χ3n) is 12.9. The number of hydrogen-bond acceptors (Lipinski definition) is 12. The number of benzene rings is 1. The van der Waals surface area contributed by atoms with Gasteiger partial charge in [0.15, 0.2) is 5.72 Å². The normalized spacial score (nSPS) is 28.6. The summed E-state index contributed by atoms with van der Waals surface area (Å²) in [7, 11) is 9.72. The Bertz CT molecular complexity index is 1880. The molecule has 4 amide bonds. The molecule has 8 atom stereocenters. The third kappa shape index (κ3) is 12.5. The number of anilines is 1. The van der Waals surface area contributed by atoms with Crippen LogP contribution in [0.1, 0.15) is 79.2 Å². The predicted molar refractivity (Wildman–Crippen MR) is 241 cm³/mol. The number of likely N-dealkylation sites (N-methyl/N-ethyl adjacent to an activating group) is 3.